The van der Waals surface area contributed by atoms with Crippen molar-refractivity contribution in [3.8, 4) is 5.75 Å². The molecule has 10 heteroatoms. The van der Waals surface area contributed by atoms with E-state index in [2.05, 4.69) is 0 Å². The normalized spacial score (nSPS) is 29.2. The Bertz CT molecular complexity index is 1450. The SMILES string of the molecule is [2H]C([2H])(NC(=O)c1cn2c(c(O)c1=O)C(=O)N1[C@H](C2)OC([2H])([2H])C([2H])([2H])[C@H]1C([2H])([2H])[2H])c1ccc(F)cc1F. The molecule has 2 aliphatic heterocycles. The molecule has 3 heterocycles. The number of nitrogens with zero attached hydrogens (tertiary/aromatic N) is 2. The van der Waals surface area contributed by atoms with E-state index in [4.69, 9.17) is 17.1 Å². The topological polar surface area (TPSA) is 101 Å². The Morgan fingerprint density at radius 2 is 2.27 bits per heavy atom. The van der Waals surface area contributed by atoms with Crippen molar-refractivity contribution >= 4 is 11.8 Å². The molecule has 1 aromatic carbocycles. The van der Waals surface area contributed by atoms with Gasteiger partial charge in [-0.15, -0.1) is 0 Å². The Hall–Kier alpha value is -3.27. The lowest BCUT2D eigenvalue weighted by Crippen LogP contribution is -2.57. The van der Waals surface area contributed by atoms with Crippen LogP contribution in [0.4, 0.5) is 8.78 Å². The fourth-order valence-corrected chi connectivity index (χ4v) is 3.08. The number of aromatic hydroxyl groups is 1. The van der Waals surface area contributed by atoms with E-state index in [9.17, 15) is 28.3 Å². The van der Waals surface area contributed by atoms with Crippen LogP contribution in [0.2, 0.25) is 0 Å². The van der Waals surface area contributed by atoms with Crippen molar-refractivity contribution in [3.05, 3.63) is 63.1 Å². The summed E-state index contributed by atoms with van der Waals surface area (Å²) in [6.45, 7) is -10.1. The first-order chi connectivity index (χ1) is 17.7. The molecule has 30 heavy (non-hydrogen) atoms. The molecule has 2 atom stereocenters. The lowest BCUT2D eigenvalue weighted by molar-refractivity contribution is -0.112. The van der Waals surface area contributed by atoms with Crippen LogP contribution in [0.3, 0.4) is 0 Å². The zero-order chi connectivity index (χ0) is 29.5. The van der Waals surface area contributed by atoms with Crippen molar-refractivity contribution in [3.63, 3.8) is 0 Å². The maximum absolute atomic E-state index is 14.1. The second-order valence-electron chi connectivity index (χ2n) is 6.36. The van der Waals surface area contributed by atoms with Crippen molar-refractivity contribution in [2.75, 3.05) is 6.56 Å². The maximum Gasteiger partial charge on any atom is 0.276 e. The fraction of sp³-hybridized carbons (Fsp3) is 0.350. The standard InChI is InChI=1S/C20H19F2N3O5/c1-10-4-5-30-15-9-24-8-13(17(26)18(27)16(24)20(29)25(10)15)19(28)23-7-11-2-3-12(21)6-14(11)22/h2-3,6,8,10,15,27H,4-5,7,9H2,1H3,(H,23,28)/t10-,15+/m1/s1/i1D3,4D2,5D2,7D2. The number of hydrogen-bond donors (Lipinski definition) is 2. The number of amides is 2. The number of carbonyl (C=O) groups excluding carboxylic acids is 2. The number of halogens is 2. The van der Waals surface area contributed by atoms with E-state index in [1.807, 2.05) is 0 Å². The van der Waals surface area contributed by atoms with Crippen molar-refractivity contribution in [1.29, 1.82) is 0 Å². The van der Waals surface area contributed by atoms with Gasteiger partial charge in [0, 0.05) is 37.2 Å². The molecule has 2 aromatic rings. The van der Waals surface area contributed by atoms with E-state index in [0.29, 0.717) is 17.2 Å². The molecule has 1 saturated heterocycles. The van der Waals surface area contributed by atoms with Gasteiger partial charge in [0.05, 0.1) is 18.6 Å². The number of nitrogens with one attached hydrogen (secondary N) is 1. The Balaban J connectivity index is 1.77. The number of carbonyl (C=O) groups is 2. The Labute approximate surface area is 182 Å². The minimum Gasteiger partial charge on any atom is -0.503 e. The molecule has 8 nitrogen and oxygen atoms in total. The van der Waals surface area contributed by atoms with Gasteiger partial charge in [-0.05, 0) is 19.3 Å². The van der Waals surface area contributed by atoms with E-state index >= 15 is 0 Å². The van der Waals surface area contributed by atoms with Crippen LogP contribution in [0, 0.1) is 11.6 Å². The number of benzene rings is 1. The molecule has 2 aliphatic rings. The average Bonchev–Trinajstić information content (AvgIpc) is 2.75. The predicted molar refractivity (Wildman–Crippen MR) is 99.9 cm³/mol. The van der Waals surface area contributed by atoms with Gasteiger partial charge in [0.2, 0.25) is 5.43 Å². The first kappa shape index (κ1) is 11.8. The minimum atomic E-state index is -3.27. The molecule has 0 aliphatic carbocycles. The molecule has 158 valence electrons. The third-order valence-electron chi connectivity index (χ3n) is 4.51. The van der Waals surface area contributed by atoms with Gasteiger partial charge in [0.25, 0.3) is 11.8 Å². The highest BCUT2D eigenvalue weighted by Crippen LogP contribution is 2.29. The summed E-state index contributed by atoms with van der Waals surface area (Å²) in [5.74, 6) is -6.61. The number of aromatic nitrogens is 1. The third-order valence-corrected chi connectivity index (χ3v) is 4.51. The molecular weight excluding hydrogens is 400 g/mol. The molecule has 1 fully saturated rings. The van der Waals surface area contributed by atoms with Gasteiger partial charge >= 0.3 is 0 Å². The predicted octanol–water partition coefficient (Wildman–Crippen LogP) is 1.35. The van der Waals surface area contributed by atoms with Gasteiger partial charge in [0.1, 0.15) is 17.2 Å². The largest absolute Gasteiger partial charge is 0.503 e. The molecular formula is C20H19F2N3O5. The zero-order valence-electron chi connectivity index (χ0n) is 23.9. The lowest BCUT2D eigenvalue weighted by Gasteiger charge is -2.44. The van der Waals surface area contributed by atoms with Crippen LogP contribution in [0.15, 0.2) is 29.2 Å². The molecule has 0 radical (unpaired) electrons. The van der Waals surface area contributed by atoms with Crippen molar-refractivity contribution in [2.45, 2.75) is 38.5 Å². The Morgan fingerprint density at radius 1 is 1.47 bits per heavy atom. The van der Waals surface area contributed by atoms with Crippen LogP contribution in [0.5, 0.6) is 5.75 Å². The van der Waals surface area contributed by atoms with Gasteiger partial charge in [-0.25, -0.2) is 8.78 Å². The zero-order valence-corrected chi connectivity index (χ0v) is 14.9. The van der Waals surface area contributed by atoms with E-state index < -0.39 is 96.5 Å². The second kappa shape index (κ2) is 7.52. The number of hydrogen-bond acceptors (Lipinski definition) is 5. The quantitative estimate of drug-likeness (QED) is 0.769. The minimum absolute atomic E-state index is 0.369. The molecule has 2 amide bonds. The fourth-order valence-electron chi connectivity index (χ4n) is 3.08. The van der Waals surface area contributed by atoms with Crippen molar-refractivity contribution in [1.82, 2.24) is 14.8 Å². The van der Waals surface area contributed by atoms with E-state index in [1.54, 1.807) is 5.32 Å². The van der Waals surface area contributed by atoms with Crippen molar-refractivity contribution < 1.29 is 40.6 Å². The smallest absolute Gasteiger partial charge is 0.276 e. The van der Waals surface area contributed by atoms with Crippen LogP contribution in [-0.2, 0) is 17.8 Å². The van der Waals surface area contributed by atoms with Gasteiger partial charge in [0.15, 0.2) is 17.7 Å². The number of rotatable bonds is 3. The maximum atomic E-state index is 14.1. The molecule has 0 bridgehead atoms. The van der Waals surface area contributed by atoms with Gasteiger partial charge < -0.3 is 24.6 Å². The summed E-state index contributed by atoms with van der Waals surface area (Å²) in [5.41, 5.74) is -4.07. The van der Waals surface area contributed by atoms with E-state index in [0.717, 1.165) is 16.7 Å². The van der Waals surface area contributed by atoms with Crippen LogP contribution >= 0.6 is 0 Å². The highest BCUT2D eigenvalue weighted by atomic mass is 19.1. The third kappa shape index (κ3) is 3.32. The first-order valence-electron chi connectivity index (χ1n) is 13.0. The molecule has 0 saturated carbocycles. The Morgan fingerprint density at radius 3 is 3.00 bits per heavy atom. The van der Waals surface area contributed by atoms with Gasteiger partial charge in [-0.2, -0.15) is 0 Å². The van der Waals surface area contributed by atoms with Crippen molar-refractivity contribution in [2.24, 2.45) is 0 Å². The monoisotopic (exact) mass is 428 g/mol. The molecule has 1 aromatic heterocycles. The highest BCUT2D eigenvalue weighted by Gasteiger charge is 2.41. The average molecular weight is 428 g/mol. The summed E-state index contributed by atoms with van der Waals surface area (Å²) in [6.07, 6.45) is -4.32. The lowest BCUT2D eigenvalue weighted by atomic mass is 10.1. The number of fused-ring (bicyclic) bond motifs is 2. The first-order valence-corrected chi connectivity index (χ1v) is 8.45. The van der Waals surface area contributed by atoms with Gasteiger partial charge in [-0.1, -0.05) is 6.07 Å². The summed E-state index contributed by atoms with van der Waals surface area (Å²) in [7, 11) is 0. The molecule has 2 N–H and O–H groups in total. The number of pyridine rings is 1. The highest BCUT2D eigenvalue weighted by molar-refractivity contribution is 5.99. The molecule has 0 unspecified atom stereocenters. The van der Waals surface area contributed by atoms with Crippen LogP contribution in [0.1, 0.15) is 52.0 Å². The second-order valence-corrected chi connectivity index (χ2v) is 6.36. The summed E-state index contributed by atoms with van der Waals surface area (Å²) in [6, 6.07) is -0.565. The van der Waals surface area contributed by atoms with Crippen LogP contribution < -0.4 is 10.7 Å². The molecule has 0 spiro atoms. The summed E-state index contributed by atoms with van der Waals surface area (Å²) in [5, 5.41) is 12.3. The Kier molecular flexibility index (Phi) is 2.96. The van der Waals surface area contributed by atoms with E-state index in [1.165, 1.54) is 0 Å². The summed E-state index contributed by atoms with van der Waals surface area (Å²) < 4.78 is 104. The van der Waals surface area contributed by atoms with Gasteiger partial charge in [-0.3, -0.25) is 14.4 Å². The summed E-state index contributed by atoms with van der Waals surface area (Å²) in [4.78, 5) is 39.3. The number of ether oxygens (including phenoxy) is 1. The summed E-state index contributed by atoms with van der Waals surface area (Å²) >= 11 is 0. The molecule has 4 rings (SSSR count). The van der Waals surface area contributed by atoms with Crippen LogP contribution in [-0.4, -0.2) is 45.2 Å². The van der Waals surface area contributed by atoms with E-state index in [-0.39, 0.29) is 0 Å². The van der Waals surface area contributed by atoms with Crippen LogP contribution in [0.25, 0.3) is 0 Å².